The van der Waals surface area contributed by atoms with E-state index in [4.69, 9.17) is 5.11 Å². The van der Waals surface area contributed by atoms with Crippen LogP contribution in [0.15, 0.2) is 18.2 Å². The number of nitrogens with one attached hydrogen (secondary N) is 1. The van der Waals surface area contributed by atoms with Crippen molar-refractivity contribution in [3.05, 3.63) is 23.8 Å². The minimum Gasteiger partial charge on any atom is -0.395 e. The van der Waals surface area contributed by atoms with Crippen LogP contribution in [0.5, 0.6) is 0 Å². The van der Waals surface area contributed by atoms with Crippen LogP contribution >= 0.6 is 0 Å². The maximum absolute atomic E-state index is 12.1. The average molecular weight is 234 g/mol. The molecule has 0 saturated heterocycles. The predicted octanol–water partition coefficient (Wildman–Crippen LogP) is 1.34. The lowest BCUT2D eigenvalue weighted by atomic mass is 9.86. The fraction of sp³-hybridized carbons (Fsp3) is 0.462. The first-order chi connectivity index (χ1) is 7.98. The Bertz CT molecular complexity index is 455. The second-order valence-electron chi connectivity index (χ2n) is 4.87. The lowest BCUT2D eigenvalue weighted by molar-refractivity contribution is -0.121. The van der Waals surface area contributed by atoms with Gasteiger partial charge in [-0.05, 0) is 37.6 Å². The summed E-state index contributed by atoms with van der Waals surface area (Å²) in [5.41, 5.74) is 2.47. The summed E-state index contributed by atoms with van der Waals surface area (Å²) in [6, 6.07) is 5.87. The third kappa shape index (κ3) is 1.78. The van der Waals surface area contributed by atoms with Crippen molar-refractivity contribution in [2.75, 3.05) is 30.4 Å². The van der Waals surface area contributed by atoms with E-state index in [-0.39, 0.29) is 12.5 Å². The summed E-state index contributed by atoms with van der Waals surface area (Å²) in [5.74, 6) is 0.117. The molecule has 17 heavy (non-hydrogen) atoms. The summed E-state index contributed by atoms with van der Waals surface area (Å²) in [4.78, 5) is 13.8. The Balaban J connectivity index is 2.40. The maximum atomic E-state index is 12.1. The Morgan fingerprint density at radius 2 is 2.12 bits per heavy atom. The summed E-state index contributed by atoms with van der Waals surface area (Å²) < 4.78 is 0. The van der Waals surface area contributed by atoms with E-state index in [0.717, 1.165) is 16.9 Å². The van der Waals surface area contributed by atoms with Crippen LogP contribution in [0.25, 0.3) is 0 Å². The van der Waals surface area contributed by atoms with Gasteiger partial charge in [-0.25, -0.2) is 0 Å². The molecule has 0 spiro atoms. The highest BCUT2D eigenvalue weighted by Crippen LogP contribution is 2.41. The van der Waals surface area contributed by atoms with Gasteiger partial charge in [-0.1, -0.05) is 0 Å². The Morgan fingerprint density at radius 1 is 1.41 bits per heavy atom. The van der Waals surface area contributed by atoms with Crippen LogP contribution in [0.4, 0.5) is 11.4 Å². The zero-order valence-corrected chi connectivity index (χ0v) is 10.4. The molecule has 0 unspecified atom stereocenters. The molecule has 92 valence electrons. The van der Waals surface area contributed by atoms with Crippen molar-refractivity contribution >= 4 is 17.3 Å². The molecule has 0 aliphatic carbocycles. The second-order valence-corrected chi connectivity index (χ2v) is 4.87. The second kappa shape index (κ2) is 4.04. The molecule has 0 radical (unpaired) electrons. The summed E-state index contributed by atoms with van der Waals surface area (Å²) >= 11 is 0. The highest BCUT2D eigenvalue weighted by Gasteiger charge is 2.42. The summed E-state index contributed by atoms with van der Waals surface area (Å²) in [7, 11) is 1.80. The number of fused-ring (bicyclic) bond motifs is 1. The lowest BCUT2D eigenvalue weighted by Crippen LogP contribution is -2.33. The molecule has 0 aromatic heterocycles. The van der Waals surface area contributed by atoms with E-state index < -0.39 is 5.41 Å². The Hall–Kier alpha value is -1.55. The van der Waals surface area contributed by atoms with Crippen LogP contribution in [0.1, 0.15) is 19.4 Å². The minimum absolute atomic E-state index is 0.0965. The van der Waals surface area contributed by atoms with Crippen molar-refractivity contribution in [2.45, 2.75) is 19.3 Å². The third-order valence-corrected chi connectivity index (χ3v) is 3.31. The fourth-order valence-corrected chi connectivity index (χ4v) is 2.28. The third-order valence-electron chi connectivity index (χ3n) is 3.31. The Kier molecular flexibility index (Phi) is 2.83. The number of amides is 1. The van der Waals surface area contributed by atoms with Crippen LogP contribution in [0.3, 0.4) is 0 Å². The molecular weight excluding hydrogens is 216 g/mol. The van der Waals surface area contributed by atoms with E-state index >= 15 is 0 Å². The maximum Gasteiger partial charge on any atom is 0.236 e. The van der Waals surface area contributed by atoms with Gasteiger partial charge < -0.3 is 15.3 Å². The molecule has 1 aromatic rings. The number of rotatable bonds is 3. The van der Waals surface area contributed by atoms with Crippen molar-refractivity contribution in [3.63, 3.8) is 0 Å². The summed E-state index contributed by atoms with van der Waals surface area (Å²) in [5, 5.41) is 11.9. The van der Waals surface area contributed by atoms with Gasteiger partial charge in [0.15, 0.2) is 0 Å². The van der Waals surface area contributed by atoms with Gasteiger partial charge in [0.25, 0.3) is 0 Å². The zero-order valence-electron chi connectivity index (χ0n) is 10.4. The number of carbonyl (C=O) groups is 1. The van der Waals surface area contributed by atoms with Crippen LogP contribution in [0, 0.1) is 0 Å². The molecule has 1 aliphatic heterocycles. The van der Waals surface area contributed by atoms with Gasteiger partial charge in [0.2, 0.25) is 5.91 Å². The van der Waals surface area contributed by atoms with Gasteiger partial charge >= 0.3 is 0 Å². The molecule has 2 N–H and O–H groups in total. The number of hydrogen-bond acceptors (Lipinski definition) is 3. The molecule has 1 aromatic carbocycles. The molecule has 1 amide bonds. The van der Waals surface area contributed by atoms with E-state index in [9.17, 15) is 4.79 Å². The standard InChI is InChI=1S/C13H18N2O2/c1-13(2)10-8-9(14-6-7-16)4-5-11(10)15(3)12(13)17/h4-5,8,14,16H,6-7H2,1-3H3. The number of likely N-dealkylation sites (N-methyl/N-ethyl adjacent to an activating group) is 1. The van der Waals surface area contributed by atoms with Crippen molar-refractivity contribution in [3.8, 4) is 0 Å². The molecule has 2 rings (SSSR count). The Morgan fingerprint density at radius 3 is 2.76 bits per heavy atom. The molecule has 0 atom stereocenters. The van der Waals surface area contributed by atoms with E-state index in [1.807, 2.05) is 32.0 Å². The minimum atomic E-state index is -0.471. The molecular formula is C13H18N2O2. The van der Waals surface area contributed by atoms with E-state index in [2.05, 4.69) is 5.32 Å². The zero-order chi connectivity index (χ0) is 12.6. The molecule has 0 saturated carbocycles. The number of hydrogen-bond donors (Lipinski definition) is 2. The number of carbonyl (C=O) groups excluding carboxylic acids is 1. The van der Waals surface area contributed by atoms with Crippen LogP contribution in [-0.2, 0) is 10.2 Å². The first-order valence-electron chi connectivity index (χ1n) is 5.76. The largest absolute Gasteiger partial charge is 0.395 e. The molecule has 1 heterocycles. The highest BCUT2D eigenvalue weighted by atomic mass is 16.3. The number of anilines is 2. The first kappa shape index (κ1) is 11.9. The Labute approximate surface area is 101 Å². The summed E-state index contributed by atoms with van der Waals surface area (Å²) in [6.07, 6.45) is 0. The molecule has 0 fully saturated rings. The summed E-state index contributed by atoms with van der Waals surface area (Å²) in [6.45, 7) is 4.49. The topological polar surface area (TPSA) is 52.6 Å². The monoisotopic (exact) mass is 234 g/mol. The van der Waals surface area contributed by atoms with E-state index in [0.29, 0.717) is 6.54 Å². The molecule has 1 aliphatic rings. The van der Waals surface area contributed by atoms with Gasteiger partial charge in [0, 0.05) is 25.0 Å². The molecule has 4 heteroatoms. The normalized spacial score (nSPS) is 17.2. The van der Waals surface area contributed by atoms with Crippen molar-refractivity contribution in [2.24, 2.45) is 0 Å². The number of benzene rings is 1. The number of nitrogens with zero attached hydrogens (tertiary/aromatic N) is 1. The van der Waals surface area contributed by atoms with Gasteiger partial charge in [0.1, 0.15) is 0 Å². The smallest absolute Gasteiger partial charge is 0.236 e. The van der Waals surface area contributed by atoms with Gasteiger partial charge in [0.05, 0.1) is 12.0 Å². The van der Waals surface area contributed by atoms with Gasteiger partial charge in [-0.3, -0.25) is 4.79 Å². The number of aliphatic hydroxyl groups excluding tert-OH is 1. The lowest BCUT2D eigenvalue weighted by Gasteiger charge is -2.16. The number of aliphatic hydroxyl groups is 1. The quantitative estimate of drug-likeness (QED) is 0.830. The van der Waals surface area contributed by atoms with Crippen molar-refractivity contribution < 1.29 is 9.90 Å². The highest BCUT2D eigenvalue weighted by molar-refractivity contribution is 6.07. The van der Waals surface area contributed by atoms with Crippen LogP contribution < -0.4 is 10.2 Å². The average Bonchev–Trinajstić information content (AvgIpc) is 2.49. The SMILES string of the molecule is CN1C(=O)C(C)(C)c2cc(NCCO)ccc21. The van der Waals surface area contributed by atoms with Crippen LogP contribution in [-0.4, -0.2) is 31.2 Å². The van der Waals surface area contributed by atoms with Crippen molar-refractivity contribution in [1.29, 1.82) is 0 Å². The fourth-order valence-electron chi connectivity index (χ4n) is 2.28. The first-order valence-corrected chi connectivity index (χ1v) is 5.76. The molecule has 4 nitrogen and oxygen atoms in total. The van der Waals surface area contributed by atoms with Gasteiger partial charge in [-0.2, -0.15) is 0 Å². The predicted molar refractivity (Wildman–Crippen MR) is 68.5 cm³/mol. The molecule has 0 bridgehead atoms. The van der Waals surface area contributed by atoms with Crippen LogP contribution in [0.2, 0.25) is 0 Å². The van der Waals surface area contributed by atoms with Crippen molar-refractivity contribution in [1.82, 2.24) is 0 Å². The van der Waals surface area contributed by atoms with E-state index in [1.165, 1.54) is 0 Å². The van der Waals surface area contributed by atoms with Gasteiger partial charge in [-0.15, -0.1) is 0 Å². The van der Waals surface area contributed by atoms with E-state index in [1.54, 1.807) is 11.9 Å².